The first-order valence-corrected chi connectivity index (χ1v) is 13.0. The zero-order valence-corrected chi connectivity index (χ0v) is 19.6. The number of nitrogens with one attached hydrogen (secondary N) is 1. The van der Waals surface area contributed by atoms with Crippen LogP contribution in [0.5, 0.6) is 0 Å². The molecule has 0 spiro atoms. The lowest BCUT2D eigenvalue weighted by atomic mass is 9.99. The topological polar surface area (TPSA) is 105 Å². The molecule has 0 radical (unpaired) electrons. The van der Waals surface area contributed by atoms with E-state index in [-0.39, 0.29) is 23.4 Å². The number of hydrogen-bond donors (Lipinski definition) is 1. The van der Waals surface area contributed by atoms with Crippen LogP contribution in [-0.4, -0.2) is 48.2 Å². The fraction of sp³-hybridized carbons (Fsp3) is 0.286. The molecule has 1 amide bonds. The molecule has 8 nitrogen and oxygen atoms in total. The number of sulfonamides is 1. The number of carbonyl (C=O) groups excluding carboxylic acids is 1. The molecular formula is C21H21ClN4O4S2. The number of piperidine rings is 1. The zero-order chi connectivity index (χ0) is 22.7. The third-order valence-electron chi connectivity index (χ3n) is 5.20. The maximum absolute atomic E-state index is 12.9. The molecule has 1 aliphatic heterocycles. The normalized spacial score (nSPS) is 17.2. The third kappa shape index (κ3) is 4.98. The van der Waals surface area contributed by atoms with Crippen molar-refractivity contribution >= 4 is 45.3 Å². The fourth-order valence-corrected chi connectivity index (χ4v) is 5.52. The van der Waals surface area contributed by atoms with E-state index in [1.54, 1.807) is 11.8 Å². The predicted octanol–water partition coefficient (Wildman–Crippen LogP) is 4.15. The lowest BCUT2D eigenvalue weighted by molar-refractivity contribution is -0.121. The highest BCUT2D eigenvalue weighted by Crippen LogP contribution is 2.27. The van der Waals surface area contributed by atoms with Crippen LogP contribution in [0.4, 0.5) is 6.01 Å². The van der Waals surface area contributed by atoms with Crippen molar-refractivity contribution in [3.8, 4) is 11.5 Å². The Morgan fingerprint density at radius 2 is 1.88 bits per heavy atom. The van der Waals surface area contributed by atoms with Crippen molar-refractivity contribution in [2.45, 2.75) is 22.6 Å². The van der Waals surface area contributed by atoms with Gasteiger partial charge in [0, 0.05) is 28.6 Å². The minimum Gasteiger partial charge on any atom is -0.403 e. The summed E-state index contributed by atoms with van der Waals surface area (Å²) in [6.07, 6.45) is 3.12. The van der Waals surface area contributed by atoms with E-state index in [0.717, 1.165) is 10.5 Å². The molecule has 4 rings (SSSR count). The molecule has 32 heavy (non-hydrogen) atoms. The quantitative estimate of drug-likeness (QED) is 0.515. The van der Waals surface area contributed by atoms with E-state index in [1.165, 1.54) is 28.6 Å². The minimum absolute atomic E-state index is 0.0170. The smallest absolute Gasteiger partial charge is 0.322 e. The molecule has 3 aromatic rings. The number of halogens is 1. The SMILES string of the molecule is CSc1ccc(-c2nnc(NC(=O)C3CCCN(S(=O)(=O)c4ccc(Cl)cc4)C3)o2)cc1. The minimum atomic E-state index is -3.71. The van der Waals surface area contributed by atoms with Gasteiger partial charge in [-0.15, -0.1) is 16.9 Å². The highest BCUT2D eigenvalue weighted by Gasteiger charge is 2.33. The van der Waals surface area contributed by atoms with Crippen LogP contribution in [0, 0.1) is 5.92 Å². The standard InChI is InChI=1S/C21H21ClN4O4S2/c1-31-17-8-4-14(5-9-17)20-24-25-21(30-20)23-19(27)15-3-2-12-26(13-15)32(28,29)18-10-6-16(22)7-11-18/h4-11,15H,2-3,12-13H2,1H3,(H,23,25,27). The summed E-state index contributed by atoms with van der Waals surface area (Å²) in [6.45, 7) is 0.430. The second-order valence-corrected chi connectivity index (χ2v) is 10.5. The molecule has 1 saturated heterocycles. The number of carbonyl (C=O) groups is 1. The number of benzene rings is 2. The van der Waals surface area contributed by atoms with Gasteiger partial charge in [0.15, 0.2) is 0 Å². The van der Waals surface area contributed by atoms with Gasteiger partial charge in [-0.25, -0.2) is 8.42 Å². The summed E-state index contributed by atoms with van der Waals surface area (Å²) < 4.78 is 32.8. The first-order valence-electron chi connectivity index (χ1n) is 9.91. The molecule has 2 aromatic carbocycles. The van der Waals surface area contributed by atoms with Crippen molar-refractivity contribution in [3.05, 3.63) is 53.6 Å². The van der Waals surface area contributed by atoms with Gasteiger partial charge < -0.3 is 4.42 Å². The van der Waals surface area contributed by atoms with Gasteiger partial charge in [-0.05, 0) is 67.6 Å². The highest BCUT2D eigenvalue weighted by atomic mass is 35.5. The number of anilines is 1. The summed E-state index contributed by atoms with van der Waals surface area (Å²) in [5.74, 6) is -0.584. The summed E-state index contributed by atoms with van der Waals surface area (Å²) in [5.41, 5.74) is 0.744. The number of nitrogens with zero attached hydrogens (tertiary/aromatic N) is 3. The molecular weight excluding hydrogens is 472 g/mol. The second kappa shape index (κ2) is 9.62. The van der Waals surface area contributed by atoms with Crippen LogP contribution in [0.25, 0.3) is 11.5 Å². The van der Waals surface area contributed by atoms with Crippen molar-refractivity contribution < 1.29 is 17.6 Å². The van der Waals surface area contributed by atoms with Crippen LogP contribution >= 0.6 is 23.4 Å². The van der Waals surface area contributed by atoms with Gasteiger partial charge in [0.1, 0.15) is 0 Å². The van der Waals surface area contributed by atoms with E-state index >= 15 is 0 Å². The van der Waals surface area contributed by atoms with E-state index in [0.29, 0.717) is 30.3 Å². The molecule has 0 saturated carbocycles. The van der Waals surface area contributed by atoms with Crippen molar-refractivity contribution in [2.24, 2.45) is 5.92 Å². The first-order chi connectivity index (χ1) is 15.4. The van der Waals surface area contributed by atoms with Gasteiger partial charge >= 0.3 is 6.01 Å². The van der Waals surface area contributed by atoms with Gasteiger partial charge in [-0.1, -0.05) is 16.7 Å². The van der Waals surface area contributed by atoms with Gasteiger partial charge in [0.2, 0.25) is 21.8 Å². The Labute approximate surface area is 195 Å². The molecule has 2 heterocycles. The molecule has 0 bridgehead atoms. The Bertz CT molecular complexity index is 1200. The maximum Gasteiger partial charge on any atom is 0.322 e. The van der Waals surface area contributed by atoms with Crippen molar-refractivity contribution in [1.29, 1.82) is 0 Å². The molecule has 11 heteroatoms. The Kier molecular flexibility index (Phi) is 6.85. The maximum atomic E-state index is 12.9. The van der Waals surface area contributed by atoms with Crippen molar-refractivity contribution in [1.82, 2.24) is 14.5 Å². The Morgan fingerprint density at radius 3 is 2.56 bits per heavy atom. The van der Waals surface area contributed by atoms with E-state index in [9.17, 15) is 13.2 Å². The number of hydrogen-bond acceptors (Lipinski definition) is 7. The largest absolute Gasteiger partial charge is 0.403 e. The second-order valence-electron chi connectivity index (χ2n) is 7.29. The first kappa shape index (κ1) is 22.8. The Morgan fingerprint density at radius 1 is 1.16 bits per heavy atom. The summed E-state index contributed by atoms with van der Waals surface area (Å²) in [5, 5.41) is 11.0. The molecule has 1 N–H and O–H groups in total. The van der Waals surface area contributed by atoms with Crippen LogP contribution in [0.15, 0.2) is 62.7 Å². The number of thioether (sulfide) groups is 1. The lowest BCUT2D eigenvalue weighted by Gasteiger charge is -2.30. The Hall–Kier alpha value is -2.40. The molecule has 0 aliphatic carbocycles. The average Bonchev–Trinajstić information content (AvgIpc) is 3.28. The van der Waals surface area contributed by atoms with Crippen LogP contribution in [0.3, 0.4) is 0 Å². The van der Waals surface area contributed by atoms with Gasteiger partial charge in [0.05, 0.1) is 10.8 Å². The van der Waals surface area contributed by atoms with Gasteiger partial charge in [0.25, 0.3) is 0 Å². The highest BCUT2D eigenvalue weighted by molar-refractivity contribution is 7.98. The summed E-state index contributed by atoms with van der Waals surface area (Å²) in [6, 6.07) is 13.6. The average molecular weight is 493 g/mol. The van der Waals surface area contributed by atoms with E-state index in [4.69, 9.17) is 16.0 Å². The number of aromatic nitrogens is 2. The molecule has 1 unspecified atom stereocenters. The molecule has 1 fully saturated rings. The van der Waals surface area contributed by atoms with Crippen LogP contribution in [0.1, 0.15) is 12.8 Å². The Balaban J connectivity index is 1.42. The number of rotatable bonds is 6. The van der Waals surface area contributed by atoms with Crippen LogP contribution in [0.2, 0.25) is 5.02 Å². The number of amides is 1. The monoisotopic (exact) mass is 492 g/mol. The predicted molar refractivity (Wildman–Crippen MR) is 123 cm³/mol. The molecule has 1 aromatic heterocycles. The van der Waals surface area contributed by atoms with Crippen molar-refractivity contribution in [3.63, 3.8) is 0 Å². The fourth-order valence-electron chi connectivity index (χ4n) is 3.46. The van der Waals surface area contributed by atoms with Crippen LogP contribution < -0.4 is 5.32 Å². The molecule has 1 aliphatic rings. The zero-order valence-electron chi connectivity index (χ0n) is 17.2. The molecule has 1 atom stereocenters. The molecule has 168 valence electrons. The van der Waals surface area contributed by atoms with Crippen LogP contribution in [-0.2, 0) is 14.8 Å². The van der Waals surface area contributed by atoms with Gasteiger partial charge in [-0.2, -0.15) is 4.31 Å². The summed E-state index contributed by atoms with van der Waals surface area (Å²) in [4.78, 5) is 14.0. The lowest BCUT2D eigenvalue weighted by Crippen LogP contribution is -2.43. The summed E-state index contributed by atoms with van der Waals surface area (Å²) in [7, 11) is -3.71. The summed E-state index contributed by atoms with van der Waals surface area (Å²) >= 11 is 7.49. The van der Waals surface area contributed by atoms with E-state index < -0.39 is 15.9 Å². The van der Waals surface area contributed by atoms with E-state index in [2.05, 4.69) is 15.5 Å². The third-order valence-corrected chi connectivity index (χ3v) is 8.07. The van der Waals surface area contributed by atoms with Crippen molar-refractivity contribution in [2.75, 3.05) is 24.7 Å². The van der Waals surface area contributed by atoms with Gasteiger partial charge in [-0.3, -0.25) is 10.1 Å². The van der Waals surface area contributed by atoms with E-state index in [1.807, 2.05) is 30.5 Å².